The molecule has 0 atom stereocenters. The lowest BCUT2D eigenvalue weighted by molar-refractivity contribution is -0.138. The number of hydrogen-bond donors (Lipinski definition) is 0. The summed E-state index contributed by atoms with van der Waals surface area (Å²) in [6.07, 6.45) is -3.18. The van der Waals surface area contributed by atoms with E-state index in [1.165, 1.54) is 41.6 Å². The van der Waals surface area contributed by atoms with Gasteiger partial charge in [0.1, 0.15) is 18.0 Å². The van der Waals surface area contributed by atoms with Gasteiger partial charge in [-0.15, -0.1) is 0 Å². The van der Waals surface area contributed by atoms with Crippen LogP contribution in [0, 0.1) is 5.82 Å². The lowest BCUT2D eigenvalue weighted by Crippen LogP contribution is -2.49. The summed E-state index contributed by atoms with van der Waals surface area (Å²) in [4.78, 5) is 24.6. The van der Waals surface area contributed by atoms with Crippen LogP contribution in [0.3, 0.4) is 0 Å². The quantitative estimate of drug-likeness (QED) is 0.583. The van der Waals surface area contributed by atoms with Crippen LogP contribution in [0.25, 0.3) is 11.3 Å². The molecule has 31 heavy (non-hydrogen) atoms. The molecular formula is C22H18F4N4O. The molecule has 0 aliphatic carbocycles. The van der Waals surface area contributed by atoms with E-state index >= 15 is 0 Å². The van der Waals surface area contributed by atoms with Gasteiger partial charge in [0, 0.05) is 37.8 Å². The molecule has 5 nitrogen and oxygen atoms in total. The minimum atomic E-state index is -4.59. The van der Waals surface area contributed by atoms with Gasteiger partial charge < -0.3 is 9.80 Å². The van der Waals surface area contributed by atoms with E-state index in [1.807, 2.05) is 4.90 Å². The molecule has 0 radical (unpaired) electrons. The number of anilines is 1. The zero-order valence-electron chi connectivity index (χ0n) is 16.3. The van der Waals surface area contributed by atoms with Crippen molar-refractivity contribution in [1.82, 2.24) is 14.9 Å². The maximum atomic E-state index is 13.2. The van der Waals surface area contributed by atoms with Crippen molar-refractivity contribution in [3.05, 3.63) is 77.9 Å². The van der Waals surface area contributed by atoms with Gasteiger partial charge in [-0.3, -0.25) is 4.79 Å². The first-order valence-electron chi connectivity index (χ1n) is 9.61. The summed E-state index contributed by atoms with van der Waals surface area (Å²) in [6.45, 7) is 1.36. The molecule has 4 rings (SSSR count). The lowest BCUT2D eigenvalue weighted by atomic mass is 10.1. The number of carbonyl (C=O) groups excluding carboxylic acids is 1. The molecule has 1 aliphatic heterocycles. The third-order valence-electron chi connectivity index (χ3n) is 5.15. The molecule has 1 saturated heterocycles. The van der Waals surface area contributed by atoms with E-state index in [9.17, 15) is 22.4 Å². The molecule has 0 saturated carbocycles. The van der Waals surface area contributed by atoms with E-state index in [4.69, 9.17) is 0 Å². The Kier molecular flexibility index (Phi) is 5.58. The van der Waals surface area contributed by atoms with Crippen LogP contribution in [0.4, 0.5) is 23.4 Å². The topological polar surface area (TPSA) is 49.3 Å². The smallest absolute Gasteiger partial charge is 0.353 e. The number of halogens is 4. The number of carbonyl (C=O) groups is 1. The number of piperazine rings is 1. The van der Waals surface area contributed by atoms with Crippen LogP contribution >= 0.6 is 0 Å². The van der Waals surface area contributed by atoms with Gasteiger partial charge in [-0.1, -0.05) is 12.1 Å². The average molecular weight is 430 g/mol. The molecule has 2 aromatic carbocycles. The highest BCUT2D eigenvalue weighted by Crippen LogP contribution is 2.32. The van der Waals surface area contributed by atoms with Crippen molar-refractivity contribution in [2.24, 2.45) is 0 Å². The molecule has 9 heteroatoms. The van der Waals surface area contributed by atoms with Crippen molar-refractivity contribution >= 4 is 11.7 Å². The van der Waals surface area contributed by atoms with Gasteiger partial charge in [0.15, 0.2) is 0 Å². The Morgan fingerprint density at radius 1 is 0.903 bits per heavy atom. The third-order valence-corrected chi connectivity index (χ3v) is 5.15. The highest BCUT2D eigenvalue weighted by atomic mass is 19.4. The lowest BCUT2D eigenvalue weighted by Gasteiger charge is -2.35. The summed E-state index contributed by atoms with van der Waals surface area (Å²) in [6, 6.07) is 12.5. The van der Waals surface area contributed by atoms with Crippen molar-refractivity contribution in [2.45, 2.75) is 6.18 Å². The highest BCUT2D eigenvalue weighted by molar-refractivity contribution is 5.96. The average Bonchev–Trinajstić information content (AvgIpc) is 2.79. The summed E-state index contributed by atoms with van der Waals surface area (Å²) in [7, 11) is 0. The van der Waals surface area contributed by atoms with Crippen LogP contribution in [-0.2, 0) is 6.18 Å². The number of nitrogens with zero attached hydrogens (tertiary/aromatic N) is 4. The predicted molar refractivity (Wildman–Crippen MR) is 107 cm³/mol. The minimum Gasteiger partial charge on any atom is -0.353 e. The van der Waals surface area contributed by atoms with E-state index < -0.39 is 17.6 Å². The fourth-order valence-corrected chi connectivity index (χ4v) is 3.52. The van der Waals surface area contributed by atoms with E-state index in [0.29, 0.717) is 24.6 Å². The van der Waals surface area contributed by atoms with Gasteiger partial charge in [0.25, 0.3) is 5.91 Å². The molecule has 1 aliphatic rings. The molecule has 2 heterocycles. The van der Waals surface area contributed by atoms with Crippen molar-refractivity contribution in [3.63, 3.8) is 0 Å². The van der Waals surface area contributed by atoms with Crippen molar-refractivity contribution in [1.29, 1.82) is 0 Å². The summed E-state index contributed by atoms with van der Waals surface area (Å²) in [5, 5.41) is 0. The first-order valence-corrected chi connectivity index (χ1v) is 9.61. The van der Waals surface area contributed by atoms with Crippen molar-refractivity contribution < 1.29 is 22.4 Å². The van der Waals surface area contributed by atoms with Crippen LogP contribution in [0.2, 0.25) is 0 Å². The zero-order chi connectivity index (χ0) is 22.0. The van der Waals surface area contributed by atoms with Crippen LogP contribution in [0.5, 0.6) is 0 Å². The summed E-state index contributed by atoms with van der Waals surface area (Å²) >= 11 is 0. The van der Waals surface area contributed by atoms with E-state index in [1.54, 1.807) is 18.2 Å². The second-order valence-corrected chi connectivity index (χ2v) is 7.09. The van der Waals surface area contributed by atoms with Crippen molar-refractivity contribution in [2.75, 3.05) is 31.1 Å². The summed E-state index contributed by atoms with van der Waals surface area (Å²) in [5.74, 6) is -0.342. The van der Waals surface area contributed by atoms with Gasteiger partial charge in [-0.05, 0) is 36.4 Å². The Labute approximate surface area is 176 Å². The molecule has 0 N–H and O–H groups in total. The molecule has 3 aromatic rings. The summed E-state index contributed by atoms with van der Waals surface area (Å²) < 4.78 is 52.9. The van der Waals surface area contributed by atoms with E-state index in [-0.39, 0.29) is 24.5 Å². The standard InChI is InChI=1S/C22H18F4N4O/c23-16-7-5-15(6-8-16)19-13-20(28-14-27-19)29-9-11-30(12-10-29)21(31)17-3-1-2-4-18(17)22(24,25)26/h1-8,13-14H,9-12H2. The number of rotatable bonds is 3. The van der Waals surface area contributed by atoms with Gasteiger partial charge in [0.05, 0.1) is 16.8 Å². The molecule has 0 bridgehead atoms. The van der Waals surface area contributed by atoms with Gasteiger partial charge in [-0.2, -0.15) is 13.2 Å². The van der Waals surface area contributed by atoms with Gasteiger partial charge in [0.2, 0.25) is 0 Å². The normalized spacial score (nSPS) is 14.6. The maximum Gasteiger partial charge on any atom is 0.417 e. The second kappa shape index (κ2) is 8.33. The molecule has 1 fully saturated rings. The number of benzene rings is 2. The van der Waals surface area contributed by atoms with E-state index in [0.717, 1.165) is 11.6 Å². The molecule has 0 spiro atoms. The Hall–Kier alpha value is -3.49. The third kappa shape index (κ3) is 4.50. The monoisotopic (exact) mass is 430 g/mol. The van der Waals surface area contributed by atoms with Crippen LogP contribution in [-0.4, -0.2) is 47.0 Å². The van der Waals surface area contributed by atoms with Gasteiger partial charge >= 0.3 is 6.18 Å². The molecule has 1 aromatic heterocycles. The molecule has 160 valence electrons. The SMILES string of the molecule is O=C(c1ccccc1C(F)(F)F)N1CCN(c2cc(-c3ccc(F)cc3)ncn2)CC1. The minimum absolute atomic E-state index is 0.265. The highest BCUT2D eigenvalue weighted by Gasteiger charge is 2.36. The van der Waals surface area contributed by atoms with Crippen molar-refractivity contribution in [3.8, 4) is 11.3 Å². The van der Waals surface area contributed by atoms with Crippen LogP contribution in [0.1, 0.15) is 15.9 Å². The second-order valence-electron chi connectivity index (χ2n) is 7.09. The largest absolute Gasteiger partial charge is 0.417 e. The maximum absolute atomic E-state index is 13.2. The Bertz CT molecular complexity index is 1080. The number of amides is 1. The van der Waals surface area contributed by atoms with Crippen LogP contribution < -0.4 is 4.90 Å². The zero-order valence-corrected chi connectivity index (χ0v) is 16.3. The van der Waals surface area contributed by atoms with E-state index in [2.05, 4.69) is 9.97 Å². The first-order chi connectivity index (χ1) is 14.8. The van der Waals surface area contributed by atoms with Gasteiger partial charge in [-0.25, -0.2) is 14.4 Å². The Morgan fingerprint density at radius 3 is 2.26 bits per heavy atom. The Morgan fingerprint density at radius 2 is 1.58 bits per heavy atom. The number of hydrogen-bond acceptors (Lipinski definition) is 4. The Balaban J connectivity index is 1.47. The molecule has 0 unspecified atom stereocenters. The molecular weight excluding hydrogens is 412 g/mol. The number of aromatic nitrogens is 2. The molecule has 1 amide bonds. The predicted octanol–water partition coefficient (Wildman–Crippen LogP) is 4.26. The summed E-state index contributed by atoms with van der Waals surface area (Å²) in [5.41, 5.74) is 0.0940. The number of alkyl halides is 3. The fraction of sp³-hybridized carbons (Fsp3) is 0.227. The van der Waals surface area contributed by atoms with Crippen LogP contribution in [0.15, 0.2) is 60.9 Å². The fourth-order valence-electron chi connectivity index (χ4n) is 3.52. The first kappa shape index (κ1) is 20.8.